The van der Waals surface area contributed by atoms with E-state index in [1.807, 2.05) is 48.5 Å². The van der Waals surface area contributed by atoms with Crippen molar-refractivity contribution in [1.82, 2.24) is 24.9 Å². The van der Waals surface area contributed by atoms with Crippen molar-refractivity contribution in [1.29, 1.82) is 0 Å². The number of hydrogen-bond donors (Lipinski definition) is 2. The van der Waals surface area contributed by atoms with E-state index in [0.29, 0.717) is 26.7 Å². The van der Waals surface area contributed by atoms with E-state index in [9.17, 15) is 0 Å². The summed E-state index contributed by atoms with van der Waals surface area (Å²) in [7, 11) is 0. The van der Waals surface area contributed by atoms with Gasteiger partial charge in [-0.25, -0.2) is 0 Å². The van der Waals surface area contributed by atoms with Crippen molar-refractivity contribution < 1.29 is 0 Å². The maximum Gasteiger partial charge on any atom is 0.170 e. The summed E-state index contributed by atoms with van der Waals surface area (Å²) in [5.41, 5.74) is 4.53. The summed E-state index contributed by atoms with van der Waals surface area (Å²) >= 11 is 23.8. The van der Waals surface area contributed by atoms with E-state index in [4.69, 9.17) is 47.0 Å². The predicted octanol–water partition coefficient (Wildman–Crippen LogP) is 5.39. The maximum absolute atomic E-state index is 6.30. The summed E-state index contributed by atoms with van der Waals surface area (Å²) in [6.07, 6.45) is 2.70. The van der Waals surface area contributed by atoms with Crippen LogP contribution in [0.1, 0.15) is 29.1 Å². The number of nitrogens with one attached hydrogen (secondary N) is 2. The van der Waals surface area contributed by atoms with Crippen molar-refractivity contribution in [2.24, 2.45) is 0 Å². The number of thiocarbonyl (C=S) groups is 1. The van der Waals surface area contributed by atoms with Gasteiger partial charge in [-0.1, -0.05) is 40.9 Å². The number of nitrogens with zero attached hydrogens (tertiary/aromatic N) is 4. The van der Waals surface area contributed by atoms with Crippen LogP contribution in [0.4, 0.5) is 5.69 Å². The lowest BCUT2D eigenvalue weighted by molar-refractivity contribution is 0.570. The highest BCUT2D eigenvalue weighted by Gasteiger charge is 2.14. The molecule has 0 bridgehead atoms. The third kappa shape index (κ3) is 5.66. The quantitative estimate of drug-likeness (QED) is 0.347. The molecule has 0 aliphatic carbocycles. The zero-order valence-corrected chi connectivity index (χ0v) is 20.1. The number of aryl methyl sites for hydroxylation is 3. The smallest absolute Gasteiger partial charge is 0.170 e. The van der Waals surface area contributed by atoms with Gasteiger partial charge in [-0.05, 0) is 57.1 Å². The summed E-state index contributed by atoms with van der Waals surface area (Å²) in [4.78, 5) is 0. The fourth-order valence-corrected chi connectivity index (χ4v) is 3.87. The summed E-state index contributed by atoms with van der Waals surface area (Å²) < 4.78 is 3.75. The van der Waals surface area contributed by atoms with Crippen LogP contribution in [-0.4, -0.2) is 31.2 Å². The number of aromatic nitrogens is 4. The maximum atomic E-state index is 6.30. The molecule has 0 saturated heterocycles. The molecule has 10 heteroatoms. The SMILES string of the molecule is Cc1nn(CCCNC(=S)Nc2c(C)nn(Cc3ccc(Cl)cc3Cl)c2C)cc1Cl. The molecular weight excluding hydrogens is 463 g/mol. The van der Waals surface area contributed by atoms with Gasteiger partial charge in [-0.2, -0.15) is 10.2 Å². The van der Waals surface area contributed by atoms with Crippen LogP contribution >= 0.6 is 47.0 Å². The Morgan fingerprint density at radius 1 is 1.07 bits per heavy atom. The minimum atomic E-state index is 0.552. The number of hydrogen-bond acceptors (Lipinski definition) is 3. The van der Waals surface area contributed by atoms with E-state index in [1.54, 1.807) is 6.07 Å². The second-order valence-corrected chi connectivity index (χ2v) is 8.66. The first-order valence-corrected chi connectivity index (χ1v) is 11.0. The summed E-state index contributed by atoms with van der Waals surface area (Å²) in [6, 6.07) is 5.47. The van der Waals surface area contributed by atoms with Gasteiger partial charge in [0.05, 0.1) is 34.3 Å². The van der Waals surface area contributed by atoms with Crippen molar-refractivity contribution in [2.45, 2.75) is 40.3 Å². The highest BCUT2D eigenvalue weighted by molar-refractivity contribution is 7.80. The molecule has 0 saturated carbocycles. The number of benzene rings is 1. The molecule has 0 aliphatic rings. The molecule has 2 aromatic heterocycles. The van der Waals surface area contributed by atoms with Crippen LogP contribution in [0, 0.1) is 20.8 Å². The Kier molecular flexibility index (Phi) is 7.63. The molecule has 0 radical (unpaired) electrons. The first kappa shape index (κ1) is 22.9. The highest BCUT2D eigenvalue weighted by Crippen LogP contribution is 2.25. The molecule has 0 aliphatic heterocycles. The summed E-state index contributed by atoms with van der Waals surface area (Å²) in [5.74, 6) is 0. The normalized spacial score (nSPS) is 11.0. The first-order chi connectivity index (χ1) is 14.2. The fraction of sp³-hybridized carbons (Fsp3) is 0.350. The molecule has 0 amide bonds. The van der Waals surface area contributed by atoms with Gasteiger partial charge in [-0.15, -0.1) is 0 Å². The zero-order valence-electron chi connectivity index (χ0n) is 17.0. The molecule has 0 spiro atoms. The van der Waals surface area contributed by atoms with E-state index >= 15 is 0 Å². The van der Waals surface area contributed by atoms with Crippen LogP contribution in [0.5, 0.6) is 0 Å². The van der Waals surface area contributed by atoms with Gasteiger partial charge in [0.2, 0.25) is 0 Å². The first-order valence-electron chi connectivity index (χ1n) is 9.47. The third-order valence-electron chi connectivity index (χ3n) is 4.69. The van der Waals surface area contributed by atoms with E-state index in [2.05, 4.69) is 20.8 Å². The van der Waals surface area contributed by atoms with Crippen molar-refractivity contribution in [3.63, 3.8) is 0 Å². The Labute approximate surface area is 196 Å². The average Bonchev–Trinajstić information content (AvgIpc) is 3.14. The molecule has 2 heterocycles. The van der Waals surface area contributed by atoms with E-state index in [-0.39, 0.29) is 0 Å². The summed E-state index contributed by atoms with van der Waals surface area (Å²) in [5, 5.41) is 17.9. The highest BCUT2D eigenvalue weighted by atomic mass is 35.5. The van der Waals surface area contributed by atoms with E-state index in [0.717, 1.165) is 47.8 Å². The van der Waals surface area contributed by atoms with Crippen LogP contribution in [0.15, 0.2) is 24.4 Å². The van der Waals surface area contributed by atoms with Crippen LogP contribution < -0.4 is 10.6 Å². The second-order valence-electron chi connectivity index (χ2n) is 7.00. The Bertz CT molecular complexity index is 1040. The Morgan fingerprint density at radius 2 is 1.83 bits per heavy atom. The standard InChI is InChI=1S/C20H23Cl3N6S/c1-12-18(23)11-28(26-12)8-4-7-24-20(30)25-19-13(2)27-29(14(19)3)10-15-5-6-16(21)9-17(15)22/h5-6,9,11H,4,7-8,10H2,1-3H3,(H2,24,25,30). The van der Waals surface area contributed by atoms with Crippen LogP contribution in [0.2, 0.25) is 15.1 Å². The van der Waals surface area contributed by atoms with Gasteiger partial charge in [0, 0.05) is 29.3 Å². The molecular formula is C20H23Cl3N6S. The monoisotopic (exact) mass is 484 g/mol. The Morgan fingerprint density at radius 3 is 2.50 bits per heavy atom. The average molecular weight is 486 g/mol. The van der Waals surface area contributed by atoms with Crippen molar-refractivity contribution in [3.8, 4) is 0 Å². The minimum Gasteiger partial charge on any atom is -0.362 e. The molecule has 3 aromatic rings. The molecule has 0 atom stereocenters. The van der Waals surface area contributed by atoms with Crippen LogP contribution in [0.3, 0.4) is 0 Å². The molecule has 0 unspecified atom stereocenters. The van der Waals surface area contributed by atoms with Gasteiger partial charge in [-0.3, -0.25) is 9.36 Å². The predicted molar refractivity (Wildman–Crippen MR) is 128 cm³/mol. The van der Waals surface area contributed by atoms with E-state index in [1.165, 1.54) is 0 Å². The molecule has 160 valence electrons. The number of halogens is 3. The van der Waals surface area contributed by atoms with Crippen molar-refractivity contribution >= 4 is 57.8 Å². The molecule has 6 nitrogen and oxygen atoms in total. The van der Waals surface area contributed by atoms with Crippen LogP contribution in [-0.2, 0) is 13.1 Å². The van der Waals surface area contributed by atoms with E-state index < -0.39 is 0 Å². The van der Waals surface area contributed by atoms with Gasteiger partial charge in [0.1, 0.15) is 0 Å². The van der Waals surface area contributed by atoms with Crippen molar-refractivity contribution in [3.05, 3.63) is 62.1 Å². The molecule has 2 N–H and O–H groups in total. The topological polar surface area (TPSA) is 59.7 Å². The van der Waals surface area contributed by atoms with Gasteiger partial charge >= 0.3 is 0 Å². The molecule has 30 heavy (non-hydrogen) atoms. The number of anilines is 1. The number of rotatable bonds is 7. The Balaban J connectivity index is 1.55. The van der Waals surface area contributed by atoms with Crippen LogP contribution in [0.25, 0.3) is 0 Å². The molecule has 3 rings (SSSR count). The largest absolute Gasteiger partial charge is 0.362 e. The lowest BCUT2D eigenvalue weighted by Crippen LogP contribution is -2.30. The molecule has 0 fully saturated rings. The lowest BCUT2D eigenvalue weighted by atomic mass is 10.2. The van der Waals surface area contributed by atoms with Gasteiger partial charge in [0.15, 0.2) is 5.11 Å². The lowest BCUT2D eigenvalue weighted by Gasteiger charge is -2.11. The fourth-order valence-electron chi connectivity index (χ4n) is 3.05. The summed E-state index contributed by atoms with van der Waals surface area (Å²) in [6.45, 7) is 7.87. The third-order valence-corrected chi connectivity index (χ3v) is 5.90. The van der Waals surface area contributed by atoms with Gasteiger partial charge < -0.3 is 10.6 Å². The molecule has 1 aromatic carbocycles. The zero-order chi connectivity index (χ0) is 21.8. The minimum absolute atomic E-state index is 0.552. The second kappa shape index (κ2) is 10.0. The Hall–Kier alpha value is -1.80. The van der Waals surface area contributed by atoms with Gasteiger partial charge in [0.25, 0.3) is 0 Å². The van der Waals surface area contributed by atoms with Crippen molar-refractivity contribution in [2.75, 3.05) is 11.9 Å².